The maximum Gasteiger partial charge on any atom is 0.565 e. The molecule has 3 N–H and O–H groups in total. The van der Waals surface area contributed by atoms with Crippen LogP contribution in [0.15, 0.2) is 53.4 Å². The van der Waals surface area contributed by atoms with Crippen LogP contribution < -0.4 is 15.9 Å². The molecule has 9 nitrogen and oxygen atoms in total. The van der Waals surface area contributed by atoms with E-state index in [-0.39, 0.29) is 11.9 Å². The summed E-state index contributed by atoms with van der Waals surface area (Å²) in [6, 6.07) is 8.79. The maximum absolute atomic E-state index is 10.7. The Hall–Kier alpha value is -3.92. The number of benzene rings is 2. The van der Waals surface area contributed by atoms with Crippen LogP contribution in [0.4, 0.5) is 5.69 Å². The SMILES string of the molecule is COc1cc(-c2ncco2)c(-c2ccc3c(N)cnnc3c2)cc1B(O)OC=O. The molecule has 2 aromatic heterocycles. The van der Waals surface area contributed by atoms with E-state index in [0.29, 0.717) is 34.0 Å². The van der Waals surface area contributed by atoms with Gasteiger partial charge in [0.25, 0.3) is 6.47 Å². The molecule has 2 heterocycles. The van der Waals surface area contributed by atoms with Crippen molar-refractivity contribution in [2.75, 3.05) is 12.8 Å². The highest BCUT2D eigenvalue weighted by atomic mass is 16.6. The zero-order chi connectivity index (χ0) is 20.4. The number of rotatable bonds is 6. The van der Waals surface area contributed by atoms with E-state index in [1.807, 2.05) is 18.2 Å². The summed E-state index contributed by atoms with van der Waals surface area (Å²) in [5, 5.41) is 19.0. The number of aromatic nitrogens is 3. The first kappa shape index (κ1) is 18.4. The summed E-state index contributed by atoms with van der Waals surface area (Å²) in [5.74, 6) is 0.663. The third-order valence-electron chi connectivity index (χ3n) is 4.47. The third kappa shape index (κ3) is 3.36. The molecular formula is C19H15BN4O5. The van der Waals surface area contributed by atoms with Gasteiger partial charge in [-0.3, -0.25) is 4.79 Å². The highest BCUT2D eigenvalue weighted by Crippen LogP contribution is 2.35. The molecule has 0 aliphatic rings. The number of nitrogens with zero attached hydrogens (tertiary/aromatic N) is 3. The van der Waals surface area contributed by atoms with Crippen molar-refractivity contribution in [1.82, 2.24) is 15.2 Å². The van der Waals surface area contributed by atoms with Gasteiger partial charge < -0.3 is 24.6 Å². The van der Waals surface area contributed by atoms with Gasteiger partial charge in [0, 0.05) is 16.4 Å². The van der Waals surface area contributed by atoms with Gasteiger partial charge in [0.1, 0.15) is 12.0 Å². The van der Waals surface area contributed by atoms with Gasteiger partial charge in [0.05, 0.1) is 30.7 Å². The van der Waals surface area contributed by atoms with Crippen molar-refractivity contribution >= 4 is 35.6 Å². The molecule has 0 aliphatic carbocycles. The highest BCUT2D eigenvalue weighted by Gasteiger charge is 2.26. The predicted molar refractivity (Wildman–Crippen MR) is 106 cm³/mol. The Balaban J connectivity index is 1.97. The molecule has 0 spiro atoms. The normalized spacial score (nSPS) is 10.7. The van der Waals surface area contributed by atoms with Crippen LogP contribution in [-0.4, -0.2) is 40.9 Å². The van der Waals surface area contributed by atoms with Crippen LogP contribution in [0.2, 0.25) is 0 Å². The summed E-state index contributed by atoms with van der Waals surface area (Å²) in [5.41, 5.74) is 9.36. The monoisotopic (exact) mass is 390 g/mol. The second-order valence-corrected chi connectivity index (χ2v) is 6.09. The van der Waals surface area contributed by atoms with Crippen molar-refractivity contribution in [3.8, 4) is 28.3 Å². The fraction of sp³-hybridized carbons (Fsp3) is 0.0526. The van der Waals surface area contributed by atoms with Crippen molar-refractivity contribution in [2.45, 2.75) is 0 Å². The number of fused-ring (bicyclic) bond motifs is 1. The Kier molecular flexibility index (Phi) is 4.84. The van der Waals surface area contributed by atoms with E-state index in [1.165, 1.54) is 25.8 Å². The average Bonchev–Trinajstić information content (AvgIpc) is 3.27. The van der Waals surface area contributed by atoms with Gasteiger partial charge in [-0.1, -0.05) is 6.07 Å². The highest BCUT2D eigenvalue weighted by molar-refractivity contribution is 6.62. The van der Waals surface area contributed by atoms with E-state index in [4.69, 9.17) is 19.5 Å². The first-order valence-corrected chi connectivity index (χ1v) is 8.52. The summed E-state index contributed by atoms with van der Waals surface area (Å²) in [4.78, 5) is 14.9. The van der Waals surface area contributed by atoms with Gasteiger partial charge in [-0.15, -0.1) is 0 Å². The summed E-state index contributed by atoms with van der Waals surface area (Å²) in [6.45, 7) is 0.167. The smallest absolute Gasteiger partial charge is 0.508 e. The lowest BCUT2D eigenvalue weighted by atomic mass is 9.76. The Labute approximate surface area is 165 Å². The van der Waals surface area contributed by atoms with Crippen molar-refractivity contribution in [1.29, 1.82) is 0 Å². The minimum atomic E-state index is -1.50. The first-order chi connectivity index (χ1) is 14.1. The number of hydrogen-bond acceptors (Lipinski definition) is 9. The van der Waals surface area contributed by atoms with Gasteiger partial charge in [0.15, 0.2) is 0 Å². The average molecular weight is 390 g/mol. The molecule has 29 heavy (non-hydrogen) atoms. The molecule has 4 rings (SSSR count). The minimum absolute atomic E-state index is 0.167. The minimum Gasteiger partial charge on any atom is -0.508 e. The topological polar surface area (TPSA) is 134 Å². The van der Waals surface area contributed by atoms with E-state index >= 15 is 0 Å². The quantitative estimate of drug-likeness (QED) is 0.370. The standard InChI is InChI=1S/C19H15BN4O5/c1-27-18-8-14(19-22-4-5-28-19)13(7-15(18)20(26)29-10-25)11-2-3-12-16(21)9-23-24-17(12)6-11/h2-10,26H,1H3,(H2,21,24). The second-order valence-electron chi connectivity index (χ2n) is 6.09. The Morgan fingerprint density at radius 2 is 2.10 bits per heavy atom. The number of carbonyl (C=O) groups is 1. The predicted octanol–water partition coefficient (Wildman–Crippen LogP) is 1.40. The van der Waals surface area contributed by atoms with Crippen LogP contribution in [0, 0.1) is 0 Å². The molecule has 0 saturated carbocycles. The summed E-state index contributed by atoms with van der Waals surface area (Å²) in [7, 11) is -0.0597. The van der Waals surface area contributed by atoms with E-state index in [0.717, 1.165) is 10.9 Å². The third-order valence-corrected chi connectivity index (χ3v) is 4.47. The van der Waals surface area contributed by atoms with Crippen molar-refractivity contribution < 1.29 is 23.6 Å². The fourth-order valence-corrected chi connectivity index (χ4v) is 3.11. The van der Waals surface area contributed by atoms with E-state index in [9.17, 15) is 9.82 Å². The Bertz CT molecular complexity index is 1180. The van der Waals surface area contributed by atoms with Gasteiger partial charge >= 0.3 is 7.12 Å². The molecule has 4 aromatic rings. The van der Waals surface area contributed by atoms with Crippen LogP contribution in [0.5, 0.6) is 5.75 Å². The van der Waals surface area contributed by atoms with Crippen LogP contribution in [0.3, 0.4) is 0 Å². The lowest BCUT2D eigenvalue weighted by Gasteiger charge is -2.15. The van der Waals surface area contributed by atoms with Crippen molar-refractivity contribution in [2.24, 2.45) is 0 Å². The molecule has 10 heteroatoms. The summed E-state index contributed by atoms with van der Waals surface area (Å²) in [6.07, 6.45) is 4.46. The molecule has 144 valence electrons. The Morgan fingerprint density at radius 1 is 1.24 bits per heavy atom. The molecule has 2 aromatic carbocycles. The van der Waals surface area contributed by atoms with Crippen molar-refractivity contribution in [3.63, 3.8) is 0 Å². The fourth-order valence-electron chi connectivity index (χ4n) is 3.11. The number of methoxy groups -OCH3 is 1. The number of hydrogen-bond donors (Lipinski definition) is 2. The summed E-state index contributed by atoms with van der Waals surface area (Å²) < 4.78 is 15.5. The van der Waals surface area contributed by atoms with Gasteiger partial charge in [-0.25, -0.2) is 4.98 Å². The Morgan fingerprint density at radius 3 is 2.83 bits per heavy atom. The number of anilines is 1. The summed E-state index contributed by atoms with van der Waals surface area (Å²) >= 11 is 0. The molecule has 0 unspecified atom stereocenters. The van der Waals surface area contributed by atoms with Crippen LogP contribution in [0.25, 0.3) is 33.5 Å². The van der Waals surface area contributed by atoms with E-state index in [2.05, 4.69) is 15.2 Å². The zero-order valence-corrected chi connectivity index (χ0v) is 15.3. The van der Waals surface area contributed by atoms with Crippen LogP contribution in [0.1, 0.15) is 0 Å². The molecule has 0 saturated heterocycles. The molecule has 0 fully saturated rings. The number of nitrogens with two attached hydrogens (primary N) is 1. The van der Waals surface area contributed by atoms with Crippen molar-refractivity contribution in [3.05, 3.63) is 49.0 Å². The van der Waals surface area contributed by atoms with Gasteiger partial charge in [-0.2, -0.15) is 10.2 Å². The largest absolute Gasteiger partial charge is 0.565 e. The zero-order valence-electron chi connectivity index (χ0n) is 15.3. The molecular weight excluding hydrogens is 375 g/mol. The van der Waals surface area contributed by atoms with E-state index in [1.54, 1.807) is 12.1 Å². The molecule has 0 radical (unpaired) electrons. The van der Waals surface area contributed by atoms with Crippen LogP contribution in [-0.2, 0) is 9.45 Å². The number of nitrogen functional groups attached to an aromatic ring is 1. The van der Waals surface area contributed by atoms with Gasteiger partial charge in [-0.05, 0) is 35.4 Å². The number of oxazole rings is 1. The second kappa shape index (κ2) is 7.60. The van der Waals surface area contributed by atoms with Crippen LogP contribution >= 0.6 is 0 Å². The lowest BCUT2D eigenvalue weighted by molar-refractivity contribution is -0.121. The maximum atomic E-state index is 10.7. The number of carbonyl (C=O) groups excluding carboxylic acids is 1. The van der Waals surface area contributed by atoms with E-state index < -0.39 is 7.12 Å². The first-order valence-electron chi connectivity index (χ1n) is 8.52. The molecule has 0 amide bonds. The molecule has 0 aliphatic heterocycles. The lowest BCUT2D eigenvalue weighted by Crippen LogP contribution is -2.34. The molecule has 0 bridgehead atoms. The number of ether oxygens (including phenoxy) is 1. The van der Waals surface area contributed by atoms with Gasteiger partial charge in [0.2, 0.25) is 5.89 Å². The molecule has 0 atom stereocenters.